The van der Waals surface area contributed by atoms with Crippen LogP contribution in [0.5, 0.6) is 0 Å². The average molecular weight is 181 g/mol. The molecule has 5 nitrogen and oxygen atoms in total. The molecule has 1 saturated heterocycles. The molecule has 13 heavy (non-hydrogen) atoms. The Morgan fingerprint density at radius 1 is 1.62 bits per heavy atom. The summed E-state index contributed by atoms with van der Waals surface area (Å²) in [6.07, 6.45) is 2.36. The maximum atomic E-state index is 5.62. The van der Waals surface area contributed by atoms with Gasteiger partial charge in [-0.15, -0.1) is 0 Å². The zero-order chi connectivity index (χ0) is 9.26. The van der Waals surface area contributed by atoms with Gasteiger partial charge in [0.15, 0.2) is 5.82 Å². The van der Waals surface area contributed by atoms with Crippen molar-refractivity contribution in [2.45, 2.75) is 18.8 Å². The van der Waals surface area contributed by atoms with Crippen LogP contribution in [0.25, 0.3) is 0 Å². The highest BCUT2D eigenvalue weighted by atomic mass is 15.4. The van der Waals surface area contributed by atoms with E-state index >= 15 is 0 Å². The fourth-order valence-corrected chi connectivity index (χ4v) is 1.66. The summed E-state index contributed by atoms with van der Waals surface area (Å²) < 4.78 is 1.63. The number of nitrogen functional groups attached to an aromatic ring is 1. The van der Waals surface area contributed by atoms with E-state index in [1.165, 1.54) is 6.42 Å². The molecule has 1 fully saturated rings. The summed E-state index contributed by atoms with van der Waals surface area (Å²) in [6, 6.07) is 0. The van der Waals surface area contributed by atoms with E-state index in [0.29, 0.717) is 11.9 Å². The maximum Gasteiger partial charge on any atom is 0.218 e. The Labute approximate surface area is 77.3 Å². The summed E-state index contributed by atoms with van der Waals surface area (Å²) in [6.45, 7) is 2.09. The Morgan fingerprint density at radius 2 is 2.46 bits per heavy atom. The molecule has 1 atom stereocenters. The monoisotopic (exact) mass is 181 g/mol. The average Bonchev–Trinajstić information content (AvgIpc) is 2.49. The number of hydrogen-bond acceptors (Lipinski definition) is 4. The molecule has 0 saturated carbocycles. The highest BCUT2D eigenvalue weighted by Gasteiger charge is 2.19. The number of hydrogen-bond donors (Lipinski definition) is 2. The van der Waals surface area contributed by atoms with Gasteiger partial charge in [-0.25, -0.2) is 4.68 Å². The first-order chi connectivity index (χ1) is 6.27. The molecule has 2 heterocycles. The Morgan fingerprint density at radius 3 is 3.00 bits per heavy atom. The number of nitrogens with one attached hydrogen (secondary N) is 1. The highest BCUT2D eigenvalue weighted by Crippen LogP contribution is 2.20. The van der Waals surface area contributed by atoms with E-state index < -0.39 is 0 Å². The van der Waals surface area contributed by atoms with Gasteiger partial charge in [-0.05, 0) is 19.4 Å². The van der Waals surface area contributed by atoms with Crippen molar-refractivity contribution in [1.29, 1.82) is 0 Å². The van der Waals surface area contributed by atoms with Gasteiger partial charge in [0.25, 0.3) is 0 Å². The summed E-state index contributed by atoms with van der Waals surface area (Å²) >= 11 is 0. The lowest BCUT2D eigenvalue weighted by Gasteiger charge is -2.19. The SMILES string of the molecule is Cn1nc([C@@H]2CCCNC2)nc1N. The van der Waals surface area contributed by atoms with Crippen molar-refractivity contribution in [2.24, 2.45) is 7.05 Å². The molecule has 0 aliphatic carbocycles. The number of piperidine rings is 1. The van der Waals surface area contributed by atoms with Gasteiger partial charge in [-0.1, -0.05) is 0 Å². The molecule has 1 aliphatic rings. The lowest BCUT2D eigenvalue weighted by Crippen LogP contribution is -2.29. The highest BCUT2D eigenvalue weighted by molar-refractivity contribution is 5.17. The molecular weight excluding hydrogens is 166 g/mol. The van der Waals surface area contributed by atoms with Gasteiger partial charge < -0.3 is 11.1 Å². The normalized spacial score (nSPS) is 23.3. The molecule has 1 aromatic heterocycles. The molecule has 0 amide bonds. The van der Waals surface area contributed by atoms with Crippen LogP contribution in [0.2, 0.25) is 0 Å². The van der Waals surface area contributed by atoms with Crippen molar-refractivity contribution >= 4 is 5.95 Å². The van der Waals surface area contributed by atoms with Crippen molar-refractivity contribution in [3.8, 4) is 0 Å². The van der Waals surface area contributed by atoms with Crippen LogP contribution >= 0.6 is 0 Å². The molecule has 0 unspecified atom stereocenters. The second-order valence-corrected chi connectivity index (χ2v) is 3.50. The van der Waals surface area contributed by atoms with E-state index in [1.54, 1.807) is 4.68 Å². The molecule has 2 rings (SSSR count). The first-order valence-electron chi connectivity index (χ1n) is 4.64. The third-order valence-electron chi connectivity index (χ3n) is 2.48. The summed E-state index contributed by atoms with van der Waals surface area (Å²) in [5, 5.41) is 7.61. The minimum Gasteiger partial charge on any atom is -0.368 e. The molecular formula is C8H15N5. The van der Waals surface area contributed by atoms with Gasteiger partial charge in [-0.3, -0.25) is 0 Å². The molecule has 1 aliphatic heterocycles. The number of aromatic nitrogens is 3. The number of nitrogens with zero attached hydrogens (tertiary/aromatic N) is 3. The minimum absolute atomic E-state index is 0.442. The number of anilines is 1. The minimum atomic E-state index is 0.442. The van der Waals surface area contributed by atoms with Gasteiger partial charge in [0.2, 0.25) is 5.95 Å². The lowest BCUT2D eigenvalue weighted by atomic mass is 9.99. The van der Waals surface area contributed by atoms with Crippen molar-refractivity contribution < 1.29 is 0 Å². The van der Waals surface area contributed by atoms with Crippen LogP contribution in [-0.2, 0) is 7.05 Å². The van der Waals surface area contributed by atoms with Crippen molar-refractivity contribution in [3.63, 3.8) is 0 Å². The smallest absolute Gasteiger partial charge is 0.218 e. The summed E-state index contributed by atoms with van der Waals surface area (Å²) in [7, 11) is 1.82. The van der Waals surface area contributed by atoms with Crippen molar-refractivity contribution in [3.05, 3.63) is 5.82 Å². The second-order valence-electron chi connectivity index (χ2n) is 3.50. The number of rotatable bonds is 1. The summed E-state index contributed by atoms with van der Waals surface area (Å²) in [4.78, 5) is 4.22. The fourth-order valence-electron chi connectivity index (χ4n) is 1.66. The van der Waals surface area contributed by atoms with Gasteiger partial charge in [0.1, 0.15) is 0 Å². The second kappa shape index (κ2) is 3.33. The van der Waals surface area contributed by atoms with E-state index in [4.69, 9.17) is 5.73 Å². The van der Waals surface area contributed by atoms with Crippen LogP contribution in [0.4, 0.5) is 5.95 Å². The van der Waals surface area contributed by atoms with Crippen LogP contribution in [0.3, 0.4) is 0 Å². The molecule has 1 aromatic rings. The van der Waals surface area contributed by atoms with Crippen LogP contribution in [0.1, 0.15) is 24.6 Å². The molecule has 5 heteroatoms. The Balaban J connectivity index is 2.14. The number of aryl methyl sites for hydroxylation is 1. The molecule has 0 spiro atoms. The predicted molar refractivity (Wildman–Crippen MR) is 50.3 cm³/mol. The van der Waals surface area contributed by atoms with Crippen molar-refractivity contribution in [2.75, 3.05) is 18.8 Å². The van der Waals surface area contributed by atoms with E-state index in [1.807, 2.05) is 7.05 Å². The van der Waals surface area contributed by atoms with Crippen LogP contribution < -0.4 is 11.1 Å². The molecule has 0 aromatic carbocycles. The molecule has 3 N–H and O–H groups in total. The topological polar surface area (TPSA) is 68.8 Å². The quantitative estimate of drug-likeness (QED) is 0.633. The van der Waals surface area contributed by atoms with Crippen molar-refractivity contribution in [1.82, 2.24) is 20.1 Å². The van der Waals surface area contributed by atoms with E-state index in [0.717, 1.165) is 25.3 Å². The first-order valence-corrected chi connectivity index (χ1v) is 4.64. The Kier molecular flexibility index (Phi) is 2.18. The van der Waals surface area contributed by atoms with E-state index in [-0.39, 0.29) is 0 Å². The number of nitrogens with two attached hydrogens (primary N) is 1. The van der Waals surface area contributed by atoms with Gasteiger partial charge in [0, 0.05) is 19.5 Å². The lowest BCUT2D eigenvalue weighted by molar-refractivity contribution is 0.445. The zero-order valence-corrected chi connectivity index (χ0v) is 7.82. The van der Waals surface area contributed by atoms with Crippen LogP contribution in [-0.4, -0.2) is 27.9 Å². The van der Waals surface area contributed by atoms with Gasteiger partial charge >= 0.3 is 0 Å². The summed E-state index contributed by atoms with van der Waals surface area (Å²) in [5.41, 5.74) is 5.62. The Hall–Kier alpha value is -1.10. The largest absolute Gasteiger partial charge is 0.368 e. The van der Waals surface area contributed by atoms with Gasteiger partial charge in [-0.2, -0.15) is 10.1 Å². The van der Waals surface area contributed by atoms with E-state index in [2.05, 4.69) is 15.4 Å². The van der Waals surface area contributed by atoms with Crippen LogP contribution in [0.15, 0.2) is 0 Å². The molecule has 72 valence electrons. The zero-order valence-electron chi connectivity index (χ0n) is 7.82. The molecule has 0 radical (unpaired) electrons. The fraction of sp³-hybridized carbons (Fsp3) is 0.750. The maximum absolute atomic E-state index is 5.62. The third kappa shape index (κ3) is 1.65. The Bertz CT molecular complexity index is 267. The standard InChI is InChI=1S/C8H15N5/c1-13-8(9)11-7(12-13)6-3-2-4-10-5-6/h6,10H,2-5H2,1H3,(H2,9,11,12)/t6-/m1/s1. The van der Waals surface area contributed by atoms with Gasteiger partial charge in [0.05, 0.1) is 0 Å². The van der Waals surface area contributed by atoms with E-state index in [9.17, 15) is 0 Å². The molecule has 0 bridgehead atoms. The first kappa shape index (κ1) is 8.50. The van der Waals surface area contributed by atoms with Crippen LogP contribution in [0, 0.1) is 0 Å². The third-order valence-corrected chi connectivity index (χ3v) is 2.48. The summed E-state index contributed by atoms with van der Waals surface area (Å²) in [5.74, 6) is 1.82. The predicted octanol–water partition coefficient (Wildman–Crippen LogP) is -0.136.